The summed E-state index contributed by atoms with van der Waals surface area (Å²) in [6, 6.07) is 4.15. The molecule has 92 valence electrons. The molecule has 17 heavy (non-hydrogen) atoms. The summed E-state index contributed by atoms with van der Waals surface area (Å²) in [7, 11) is 0. The van der Waals surface area contributed by atoms with Gasteiger partial charge in [-0.1, -0.05) is 17.7 Å². The van der Waals surface area contributed by atoms with E-state index in [1.165, 1.54) is 17.0 Å². The zero-order valence-corrected chi connectivity index (χ0v) is 9.95. The Balaban J connectivity index is 2.28. The van der Waals surface area contributed by atoms with Crippen LogP contribution in [0.1, 0.15) is 23.2 Å². The van der Waals surface area contributed by atoms with E-state index in [2.05, 4.69) is 0 Å². The van der Waals surface area contributed by atoms with Gasteiger partial charge in [0, 0.05) is 6.54 Å². The molecule has 0 spiro atoms. The maximum Gasteiger partial charge on any atom is 0.257 e. The third-order valence-corrected chi connectivity index (χ3v) is 3.32. The number of nitrogens with zero attached hydrogens (tertiary/aromatic N) is 1. The molecule has 1 amide bonds. The van der Waals surface area contributed by atoms with E-state index in [9.17, 15) is 9.18 Å². The van der Waals surface area contributed by atoms with Gasteiger partial charge >= 0.3 is 0 Å². The summed E-state index contributed by atoms with van der Waals surface area (Å²) in [5, 5.41) is 9.08. The van der Waals surface area contributed by atoms with E-state index in [0.29, 0.717) is 6.54 Å². The van der Waals surface area contributed by atoms with E-state index >= 15 is 0 Å². The van der Waals surface area contributed by atoms with Crippen LogP contribution in [0.15, 0.2) is 18.2 Å². The van der Waals surface area contributed by atoms with Crippen LogP contribution in [-0.4, -0.2) is 35.1 Å². The maximum atomic E-state index is 13.7. The Morgan fingerprint density at radius 3 is 3.06 bits per heavy atom. The van der Waals surface area contributed by atoms with E-state index < -0.39 is 11.7 Å². The minimum absolute atomic E-state index is 0.0298. The molecule has 1 aliphatic rings. The van der Waals surface area contributed by atoms with Gasteiger partial charge in [0.2, 0.25) is 0 Å². The van der Waals surface area contributed by atoms with Crippen LogP contribution in [0, 0.1) is 5.82 Å². The number of aliphatic hydroxyl groups excluding tert-OH is 1. The number of aliphatic hydroxyl groups is 1. The first-order chi connectivity index (χ1) is 8.15. The summed E-state index contributed by atoms with van der Waals surface area (Å²) in [4.78, 5) is 13.6. The Bertz CT molecular complexity index is 439. The van der Waals surface area contributed by atoms with Gasteiger partial charge in [-0.3, -0.25) is 4.79 Å². The SMILES string of the molecule is O=C(c1cccc(Cl)c1F)N1CCC[C@@H]1CO. The normalized spacial score (nSPS) is 19.7. The molecule has 0 unspecified atom stereocenters. The zero-order chi connectivity index (χ0) is 12.4. The second-order valence-corrected chi connectivity index (χ2v) is 4.49. The number of carbonyl (C=O) groups excluding carboxylic acids is 1. The van der Waals surface area contributed by atoms with E-state index in [0.717, 1.165) is 12.8 Å². The van der Waals surface area contributed by atoms with Crippen LogP contribution in [-0.2, 0) is 0 Å². The average Bonchev–Trinajstić information content (AvgIpc) is 2.80. The van der Waals surface area contributed by atoms with Crippen molar-refractivity contribution in [3.63, 3.8) is 0 Å². The molecular weight excluding hydrogens is 245 g/mol. The van der Waals surface area contributed by atoms with Crippen molar-refractivity contribution in [2.75, 3.05) is 13.2 Å². The van der Waals surface area contributed by atoms with E-state index in [1.807, 2.05) is 0 Å². The molecule has 1 saturated heterocycles. The molecular formula is C12H13ClFNO2. The van der Waals surface area contributed by atoms with Crippen LogP contribution in [0.5, 0.6) is 0 Å². The van der Waals surface area contributed by atoms with Crippen molar-refractivity contribution in [2.24, 2.45) is 0 Å². The Kier molecular flexibility index (Phi) is 3.64. The highest BCUT2D eigenvalue weighted by atomic mass is 35.5. The van der Waals surface area contributed by atoms with Gasteiger partial charge in [-0.05, 0) is 25.0 Å². The summed E-state index contributed by atoms with van der Waals surface area (Å²) < 4.78 is 13.7. The fraction of sp³-hybridized carbons (Fsp3) is 0.417. The highest BCUT2D eigenvalue weighted by molar-refractivity contribution is 6.31. The van der Waals surface area contributed by atoms with Crippen LogP contribution in [0.4, 0.5) is 4.39 Å². The number of likely N-dealkylation sites (tertiary alicyclic amines) is 1. The Morgan fingerprint density at radius 1 is 1.59 bits per heavy atom. The Hall–Kier alpha value is -1.13. The first-order valence-electron chi connectivity index (χ1n) is 5.51. The summed E-state index contributed by atoms with van der Waals surface area (Å²) in [5.41, 5.74) is -0.0298. The predicted octanol–water partition coefficient (Wildman–Crippen LogP) is 2.08. The van der Waals surface area contributed by atoms with E-state index in [4.69, 9.17) is 16.7 Å². The van der Waals surface area contributed by atoms with Crippen molar-refractivity contribution in [1.29, 1.82) is 0 Å². The van der Waals surface area contributed by atoms with E-state index in [-0.39, 0.29) is 23.2 Å². The lowest BCUT2D eigenvalue weighted by molar-refractivity contribution is 0.0673. The van der Waals surface area contributed by atoms with Crippen molar-refractivity contribution in [1.82, 2.24) is 4.90 Å². The lowest BCUT2D eigenvalue weighted by Crippen LogP contribution is -2.38. The first kappa shape index (κ1) is 12.3. The molecule has 0 bridgehead atoms. The molecule has 1 aliphatic heterocycles. The number of halogens is 2. The molecule has 5 heteroatoms. The monoisotopic (exact) mass is 257 g/mol. The second-order valence-electron chi connectivity index (χ2n) is 4.08. The molecule has 3 nitrogen and oxygen atoms in total. The van der Waals surface area contributed by atoms with Crippen molar-refractivity contribution in [2.45, 2.75) is 18.9 Å². The molecule has 1 atom stereocenters. The molecule has 0 radical (unpaired) electrons. The first-order valence-corrected chi connectivity index (χ1v) is 5.88. The van der Waals surface area contributed by atoms with Crippen molar-refractivity contribution >= 4 is 17.5 Å². The lowest BCUT2D eigenvalue weighted by Gasteiger charge is -2.23. The van der Waals surface area contributed by atoms with Gasteiger partial charge in [0.1, 0.15) is 0 Å². The summed E-state index contributed by atoms with van der Waals surface area (Å²) >= 11 is 5.64. The smallest absolute Gasteiger partial charge is 0.257 e. The number of hydrogen-bond donors (Lipinski definition) is 1. The van der Waals surface area contributed by atoms with Crippen molar-refractivity contribution < 1.29 is 14.3 Å². The van der Waals surface area contributed by atoms with Crippen LogP contribution >= 0.6 is 11.6 Å². The molecule has 1 fully saturated rings. The number of amides is 1. The van der Waals surface area contributed by atoms with Gasteiger partial charge in [0.05, 0.1) is 23.2 Å². The number of hydrogen-bond acceptors (Lipinski definition) is 2. The second kappa shape index (κ2) is 5.02. The third-order valence-electron chi connectivity index (χ3n) is 3.03. The van der Waals surface area contributed by atoms with Crippen molar-refractivity contribution in [3.05, 3.63) is 34.6 Å². The van der Waals surface area contributed by atoms with Gasteiger partial charge in [-0.2, -0.15) is 0 Å². The zero-order valence-electron chi connectivity index (χ0n) is 9.20. The van der Waals surface area contributed by atoms with Gasteiger partial charge in [-0.15, -0.1) is 0 Å². The highest BCUT2D eigenvalue weighted by Crippen LogP contribution is 2.23. The number of benzene rings is 1. The average molecular weight is 258 g/mol. The Labute approximate surface area is 104 Å². The number of rotatable bonds is 2. The molecule has 2 rings (SSSR count). The van der Waals surface area contributed by atoms with Gasteiger partial charge in [0.15, 0.2) is 5.82 Å². The highest BCUT2D eigenvalue weighted by Gasteiger charge is 2.30. The minimum Gasteiger partial charge on any atom is -0.394 e. The molecule has 1 heterocycles. The Morgan fingerprint density at radius 2 is 2.35 bits per heavy atom. The summed E-state index contributed by atoms with van der Waals surface area (Å²) in [6.07, 6.45) is 1.59. The van der Waals surface area contributed by atoms with Crippen LogP contribution in [0.2, 0.25) is 5.02 Å². The van der Waals surface area contributed by atoms with Crippen LogP contribution in [0.25, 0.3) is 0 Å². The topological polar surface area (TPSA) is 40.5 Å². The minimum atomic E-state index is -0.692. The summed E-state index contributed by atoms with van der Waals surface area (Å²) in [6.45, 7) is 0.462. The predicted molar refractivity (Wildman–Crippen MR) is 62.6 cm³/mol. The molecule has 1 N–H and O–H groups in total. The lowest BCUT2D eigenvalue weighted by atomic mass is 10.1. The van der Waals surface area contributed by atoms with Crippen LogP contribution in [0.3, 0.4) is 0 Å². The number of carbonyl (C=O) groups is 1. The van der Waals surface area contributed by atoms with Gasteiger partial charge in [0.25, 0.3) is 5.91 Å². The fourth-order valence-electron chi connectivity index (χ4n) is 2.12. The maximum absolute atomic E-state index is 13.7. The van der Waals surface area contributed by atoms with Crippen LogP contribution < -0.4 is 0 Å². The molecule has 0 aliphatic carbocycles. The largest absolute Gasteiger partial charge is 0.394 e. The molecule has 0 saturated carbocycles. The molecule has 1 aromatic rings. The fourth-order valence-corrected chi connectivity index (χ4v) is 2.29. The molecule has 0 aromatic heterocycles. The van der Waals surface area contributed by atoms with Gasteiger partial charge in [-0.25, -0.2) is 4.39 Å². The van der Waals surface area contributed by atoms with E-state index in [1.54, 1.807) is 6.07 Å². The quantitative estimate of drug-likeness (QED) is 0.881. The van der Waals surface area contributed by atoms with Crippen molar-refractivity contribution in [3.8, 4) is 0 Å². The van der Waals surface area contributed by atoms with Gasteiger partial charge < -0.3 is 10.0 Å². The molecule has 1 aromatic carbocycles. The summed E-state index contributed by atoms with van der Waals surface area (Å²) in [5.74, 6) is -1.09. The third kappa shape index (κ3) is 2.28. The standard InChI is InChI=1S/C12H13ClFNO2/c13-10-5-1-4-9(11(10)14)12(17)15-6-2-3-8(15)7-16/h1,4-5,8,16H,2-3,6-7H2/t8-/m1/s1.